The van der Waals surface area contributed by atoms with Crippen LogP contribution in [0, 0.1) is 5.92 Å². The Morgan fingerprint density at radius 2 is 2.07 bits per heavy atom. The Bertz CT molecular complexity index is 1220. The summed E-state index contributed by atoms with van der Waals surface area (Å²) in [6, 6.07) is 12.2. The fraction of sp³-hybridized carbons (Fsp3) is 0.259. The average Bonchev–Trinajstić information content (AvgIpc) is 3.13. The first-order valence-electron chi connectivity index (χ1n) is 10.7. The van der Waals surface area contributed by atoms with Crippen molar-refractivity contribution in [1.82, 2.24) is 4.98 Å². The summed E-state index contributed by atoms with van der Waals surface area (Å²) in [5.74, 6) is 0.292. The molecule has 3 aliphatic carbocycles. The highest BCUT2D eigenvalue weighted by atomic mass is 16.1. The molecule has 2 aromatic rings. The molecule has 2 atom stereocenters. The third-order valence-electron chi connectivity index (χ3n) is 6.61. The van der Waals surface area contributed by atoms with E-state index in [1.165, 1.54) is 27.8 Å². The molecule has 0 saturated carbocycles. The van der Waals surface area contributed by atoms with Gasteiger partial charge in [-0.05, 0) is 61.1 Å². The Balaban J connectivity index is 1.53. The van der Waals surface area contributed by atoms with Gasteiger partial charge in [0.05, 0.1) is 0 Å². The Hall–Kier alpha value is -3.20. The van der Waals surface area contributed by atoms with Crippen LogP contribution in [0.15, 0.2) is 87.7 Å². The van der Waals surface area contributed by atoms with Gasteiger partial charge >= 0.3 is 0 Å². The molecule has 0 aliphatic heterocycles. The van der Waals surface area contributed by atoms with Crippen LogP contribution >= 0.6 is 0 Å². The standard InChI is InChI=1S/C27H26N2O/c1-3-23-21-15-18(2)17-27(23,24-12-13-26(30)29-25(24)16-21)28-14-6-8-20-11-10-19-7-4-5-9-22(19)20/h3-9,11-15,21H,10,16-17H2,1-2H3,(H,29,30)/b8-6+,23-3+,28-14?. The van der Waals surface area contributed by atoms with E-state index in [1.54, 1.807) is 6.07 Å². The van der Waals surface area contributed by atoms with Crippen molar-refractivity contribution in [3.63, 3.8) is 0 Å². The third-order valence-corrected chi connectivity index (χ3v) is 6.61. The van der Waals surface area contributed by atoms with Crippen LogP contribution in [-0.2, 0) is 18.4 Å². The largest absolute Gasteiger partial charge is 0.326 e. The van der Waals surface area contributed by atoms with Gasteiger partial charge in [-0.15, -0.1) is 0 Å². The summed E-state index contributed by atoms with van der Waals surface area (Å²) in [4.78, 5) is 20.2. The Kier molecular flexibility index (Phi) is 4.54. The molecular weight excluding hydrogens is 368 g/mol. The number of fused-ring (bicyclic) bond motifs is 5. The predicted molar refractivity (Wildman–Crippen MR) is 124 cm³/mol. The molecule has 0 fully saturated rings. The first-order chi connectivity index (χ1) is 14.6. The van der Waals surface area contributed by atoms with Crippen LogP contribution in [0.2, 0.25) is 0 Å². The number of aliphatic imine (C=N–C) groups is 1. The summed E-state index contributed by atoms with van der Waals surface area (Å²) in [6.45, 7) is 4.30. The maximum absolute atomic E-state index is 11.9. The van der Waals surface area contributed by atoms with Gasteiger partial charge in [-0.25, -0.2) is 0 Å². The van der Waals surface area contributed by atoms with Gasteiger partial charge in [0, 0.05) is 35.9 Å². The maximum Gasteiger partial charge on any atom is 0.248 e. The van der Waals surface area contributed by atoms with E-state index in [9.17, 15) is 4.79 Å². The molecule has 3 heteroatoms. The topological polar surface area (TPSA) is 45.2 Å². The van der Waals surface area contributed by atoms with Gasteiger partial charge in [-0.3, -0.25) is 9.79 Å². The number of hydrogen-bond donors (Lipinski definition) is 1. The molecule has 3 nitrogen and oxygen atoms in total. The zero-order valence-electron chi connectivity index (χ0n) is 17.5. The highest BCUT2D eigenvalue weighted by molar-refractivity contribution is 5.85. The second kappa shape index (κ2) is 7.24. The van der Waals surface area contributed by atoms with Crippen LogP contribution < -0.4 is 5.56 Å². The van der Waals surface area contributed by atoms with Gasteiger partial charge in [0.2, 0.25) is 5.56 Å². The zero-order valence-corrected chi connectivity index (χ0v) is 17.5. The lowest BCUT2D eigenvalue weighted by molar-refractivity contribution is 0.413. The number of nitrogens with one attached hydrogen (secondary N) is 1. The molecule has 2 bridgehead atoms. The summed E-state index contributed by atoms with van der Waals surface area (Å²) >= 11 is 0. The Morgan fingerprint density at radius 1 is 1.20 bits per heavy atom. The van der Waals surface area contributed by atoms with Crippen molar-refractivity contribution in [2.75, 3.05) is 0 Å². The minimum atomic E-state index is -0.428. The number of nitrogens with zero attached hydrogens (tertiary/aromatic N) is 1. The predicted octanol–water partition coefficient (Wildman–Crippen LogP) is 5.31. The van der Waals surface area contributed by atoms with Gasteiger partial charge in [-0.2, -0.15) is 0 Å². The number of aromatic amines is 1. The molecule has 3 aliphatic rings. The van der Waals surface area contributed by atoms with Gasteiger partial charge in [0.1, 0.15) is 5.54 Å². The van der Waals surface area contributed by atoms with Crippen LogP contribution in [0.3, 0.4) is 0 Å². The summed E-state index contributed by atoms with van der Waals surface area (Å²) in [7, 11) is 0. The van der Waals surface area contributed by atoms with Crippen LogP contribution in [0.4, 0.5) is 0 Å². The smallest absolute Gasteiger partial charge is 0.248 e. The fourth-order valence-electron chi connectivity index (χ4n) is 5.44. The maximum atomic E-state index is 11.9. The first kappa shape index (κ1) is 18.8. The van der Waals surface area contributed by atoms with Gasteiger partial charge in [0.15, 0.2) is 0 Å². The SMILES string of the molecule is C/C=C1\C2C=C(C)CC1(N=C/C=C/C1=CCc3ccccc31)c1ccc(=O)[nH]c1C2. The molecule has 0 spiro atoms. The van der Waals surface area contributed by atoms with Crippen molar-refractivity contribution in [3.8, 4) is 0 Å². The van der Waals surface area contributed by atoms with Gasteiger partial charge in [0.25, 0.3) is 0 Å². The molecule has 2 unspecified atom stereocenters. The summed E-state index contributed by atoms with van der Waals surface area (Å²) in [6.07, 6.45) is 15.7. The number of allylic oxidation sites excluding steroid dienone is 6. The summed E-state index contributed by atoms with van der Waals surface area (Å²) in [5.41, 5.74) is 8.33. The number of aromatic nitrogens is 1. The van der Waals surface area contributed by atoms with Crippen LogP contribution in [0.5, 0.6) is 0 Å². The highest BCUT2D eigenvalue weighted by Crippen LogP contribution is 2.51. The lowest BCUT2D eigenvalue weighted by atomic mass is 9.63. The second-order valence-corrected chi connectivity index (χ2v) is 8.48. The molecule has 1 heterocycles. The van der Waals surface area contributed by atoms with Crippen LogP contribution in [0.25, 0.3) is 5.57 Å². The lowest BCUT2D eigenvalue weighted by Gasteiger charge is -2.45. The molecule has 1 aromatic heterocycles. The van der Waals surface area contributed by atoms with Crippen LogP contribution in [0.1, 0.15) is 42.7 Å². The van der Waals surface area contributed by atoms with Crippen LogP contribution in [-0.4, -0.2) is 11.2 Å². The number of H-pyrrole nitrogens is 1. The molecule has 30 heavy (non-hydrogen) atoms. The van der Waals surface area contributed by atoms with E-state index in [4.69, 9.17) is 4.99 Å². The molecule has 1 aromatic carbocycles. The first-order valence-corrected chi connectivity index (χ1v) is 10.7. The monoisotopic (exact) mass is 394 g/mol. The minimum absolute atomic E-state index is 0.0395. The number of pyridine rings is 1. The van der Waals surface area contributed by atoms with E-state index in [0.29, 0.717) is 5.92 Å². The number of hydrogen-bond acceptors (Lipinski definition) is 2. The van der Waals surface area contributed by atoms with Gasteiger partial charge in [-0.1, -0.05) is 54.1 Å². The molecule has 0 radical (unpaired) electrons. The van der Waals surface area contributed by atoms with E-state index in [2.05, 4.69) is 73.5 Å². The summed E-state index contributed by atoms with van der Waals surface area (Å²) < 4.78 is 0. The minimum Gasteiger partial charge on any atom is -0.326 e. The molecular formula is C27H26N2O. The molecule has 0 saturated heterocycles. The van der Waals surface area contributed by atoms with Gasteiger partial charge < -0.3 is 4.98 Å². The van der Waals surface area contributed by atoms with E-state index in [-0.39, 0.29) is 5.56 Å². The molecule has 150 valence electrons. The van der Waals surface area contributed by atoms with E-state index in [0.717, 1.165) is 30.5 Å². The number of rotatable bonds is 3. The van der Waals surface area contributed by atoms with E-state index < -0.39 is 5.54 Å². The number of benzene rings is 1. The normalized spacial score (nSPS) is 26.1. The third kappa shape index (κ3) is 2.97. The quantitative estimate of drug-likeness (QED) is 0.557. The Labute approximate surface area is 177 Å². The van der Waals surface area contributed by atoms with E-state index in [1.807, 2.05) is 12.3 Å². The zero-order chi connectivity index (χ0) is 20.7. The van der Waals surface area contributed by atoms with Crippen molar-refractivity contribution in [1.29, 1.82) is 0 Å². The second-order valence-electron chi connectivity index (χ2n) is 8.48. The molecule has 0 amide bonds. The summed E-state index contributed by atoms with van der Waals surface area (Å²) in [5, 5.41) is 0. The fourth-order valence-corrected chi connectivity index (χ4v) is 5.44. The highest BCUT2D eigenvalue weighted by Gasteiger charge is 2.46. The lowest BCUT2D eigenvalue weighted by Crippen LogP contribution is -2.40. The van der Waals surface area contributed by atoms with Crippen molar-refractivity contribution < 1.29 is 0 Å². The van der Waals surface area contributed by atoms with Crippen molar-refractivity contribution in [3.05, 3.63) is 111 Å². The van der Waals surface area contributed by atoms with Crippen molar-refractivity contribution in [2.24, 2.45) is 10.9 Å². The molecule has 5 rings (SSSR count). The molecule has 1 N–H and O–H groups in total. The van der Waals surface area contributed by atoms with Crippen molar-refractivity contribution >= 4 is 11.8 Å². The Morgan fingerprint density at radius 3 is 2.93 bits per heavy atom. The van der Waals surface area contributed by atoms with Crippen molar-refractivity contribution in [2.45, 2.75) is 38.6 Å². The average molecular weight is 395 g/mol. The van der Waals surface area contributed by atoms with E-state index >= 15 is 0 Å².